The third kappa shape index (κ3) is 2.52. The first-order valence-electron chi connectivity index (χ1n) is 4.88. The number of non-ortho nitro benzene ring substituents is 1. The number of benzene rings is 1. The summed E-state index contributed by atoms with van der Waals surface area (Å²) in [5.74, 6) is 0. The van der Waals surface area contributed by atoms with Crippen molar-refractivity contribution >= 4 is 28.3 Å². The van der Waals surface area contributed by atoms with Gasteiger partial charge in [-0.3, -0.25) is 15.1 Å². The molecule has 84 valence electrons. The van der Waals surface area contributed by atoms with E-state index in [1.165, 1.54) is 12.1 Å². The Morgan fingerprint density at radius 1 is 1.62 bits per heavy atom. The summed E-state index contributed by atoms with van der Waals surface area (Å²) in [4.78, 5) is 14.5. The van der Waals surface area contributed by atoms with Crippen molar-refractivity contribution in [3.63, 3.8) is 0 Å². The molecule has 1 N–H and O–H groups in total. The lowest BCUT2D eigenvalue weighted by molar-refractivity contribution is -0.384. The molecule has 1 unspecified atom stereocenters. The molecule has 1 heterocycles. The molecule has 1 aromatic rings. The Bertz CT molecular complexity index is 447. The second-order valence-corrected chi connectivity index (χ2v) is 4.93. The quantitative estimate of drug-likeness (QED) is 0.634. The van der Waals surface area contributed by atoms with Crippen molar-refractivity contribution in [2.45, 2.75) is 12.2 Å². The van der Waals surface area contributed by atoms with Gasteiger partial charge in [0.2, 0.25) is 0 Å². The Labute approximate surface area is 97.1 Å². The van der Waals surface area contributed by atoms with Crippen LogP contribution in [0.2, 0.25) is 0 Å². The van der Waals surface area contributed by atoms with E-state index in [0.29, 0.717) is 10.9 Å². The van der Waals surface area contributed by atoms with Gasteiger partial charge in [-0.05, 0) is 6.07 Å². The zero-order valence-electron chi connectivity index (χ0n) is 8.71. The van der Waals surface area contributed by atoms with Gasteiger partial charge < -0.3 is 5.32 Å². The standard InChI is InChI=1S/C10H11N3O2S/c1-7-6-11-10(16-7)12-8-3-2-4-9(5-8)13(14)15/h2-5,7H,6H2,1H3,(H,11,12). The summed E-state index contributed by atoms with van der Waals surface area (Å²) in [5, 5.41) is 15.0. The van der Waals surface area contributed by atoms with Crippen molar-refractivity contribution in [2.75, 3.05) is 11.9 Å². The zero-order chi connectivity index (χ0) is 11.5. The molecular weight excluding hydrogens is 226 g/mol. The maximum absolute atomic E-state index is 10.6. The van der Waals surface area contributed by atoms with Crippen LogP contribution in [0.3, 0.4) is 0 Å². The Hall–Kier alpha value is -1.56. The fraction of sp³-hybridized carbons (Fsp3) is 0.300. The van der Waals surface area contributed by atoms with E-state index in [-0.39, 0.29) is 5.69 Å². The minimum absolute atomic E-state index is 0.0849. The van der Waals surface area contributed by atoms with Gasteiger partial charge in [0.25, 0.3) is 5.69 Å². The first-order chi connectivity index (χ1) is 7.65. The number of nitrogens with one attached hydrogen (secondary N) is 1. The summed E-state index contributed by atoms with van der Waals surface area (Å²) in [7, 11) is 0. The average Bonchev–Trinajstić information content (AvgIpc) is 2.64. The van der Waals surface area contributed by atoms with E-state index in [9.17, 15) is 10.1 Å². The molecule has 6 heteroatoms. The smallest absolute Gasteiger partial charge is 0.271 e. The molecule has 0 bridgehead atoms. The predicted octanol–water partition coefficient (Wildman–Crippen LogP) is 2.50. The molecule has 1 aliphatic heterocycles. The predicted molar refractivity (Wildman–Crippen MR) is 66.1 cm³/mol. The number of hydrogen-bond acceptors (Lipinski definition) is 5. The number of nitrogens with zero attached hydrogens (tertiary/aromatic N) is 2. The third-order valence-corrected chi connectivity index (χ3v) is 3.12. The largest absolute Gasteiger partial charge is 0.335 e. The second kappa shape index (κ2) is 4.52. The molecule has 0 saturated heterocycles. The molecule has 0 fully saturated rings. The van der Waals surface area contributed by atoms with Gasteiger partial charge in [-0.25, -0.2) is 0 Å². The van der Waals surface area contributed by atoms with Gasteiger partial charge in [-0.15, -0.1) is 0 Å². The molecule has 0 aliphatic carbocycles. The van der Waals surface area contributed by atoms with Gasteiger partial charge in [0.05, 0.1) is 11.5 Å². The highest BCUT2D eigenvalue weighted by molar-refractivity contribution is 8.15. The lowest BCUT2D eigenvalue weighted by Gasteiger charge is -2.05. The summed E-state index contributed by atoms with van der Waals surface area (Å²) in [5.41, 5.74) is 0.788. The fourth-order valence-electron chi connectivity index (χ4n) is 1.37. The first kappa shape index (κ1) is 10.9. The molecule has 1 atom stereocenters. The topological polar surface area (TPSA) is 67.5 Å². The summed E-state index contributed by atoms with van der Waals surface area (Å²) < 4.78 is 0. The molecular formula is C10H11N3O2S. The molecule has 16 heavy (non-hydrogen) atoms. The van der Waals surface area contributed by atoms with Crippen molar-refractivity contribution in [3.05, 3.63) is 34.4 Å². The van der Waals surface area contributed by atoms with Crippen LogP contribution in [-0.4, -0.2) is 21.9 Å². The number of amidine groups is 1. The number of aliphatic imine (C=N–C) groups is 1. The van der Waals surface area contributed by atoms with E-state index in [2.05, 4.69) is 17.2 Å². The van der Waals surface area contributed by atoms with Crippen LogP contribution in [0.5, 0.6) is 0 Å². The van der Waals surface area contributed by atoms with Crippen molar-refractivity contribution in [1.82, 2.24) is 0 Å². The SMILES string of the molecule is CC1CN=C(Nc2cccc([N+](=O)[O-])c2)S1. The highest BCUT2D eigenvalue weighted by Crippen LogP contribution is 2.23. The van der Waals surface area contributed by atoms with E-state index in [1.54, 1.807) is 23.9 Å². The van der Waals surface area contributed by atoms with Crippen molar-refractivity contribution in [3.8, 4) is 0 Å². The van der Waals surface area contributed by atoms with Gasteiger partial charge in [0.15, 0.2) is 5.17 Å². The van der Waals surface area contributed by atoms with Gasteiger partial charge in [-0.2, -0.15) is 0 Å². The maximum atomic E-state index is 10.6. The molecule has 0 spiro atoms. The monoisotopic (exact) mass is 237 g/mol. The van der Waals surface area contributed by atoms with Gasteiger partial charge in [0, 0.05) is 23.1 Å². The Morgan fingerprint density at radius 3 is 3.06 bits per heavy atom. The lowest BCUT2D eigenvalue weighted by atomic mass is 10.3. The van der Waals surface area contributed by atoms with Crippen LogP contribution in [0.1, 0.15) is 6.92 Å². The molecule has 0 aromatic heterocycles. The molecule has 1 aliphatic rings. The molecule has 0 amide bonds. The van der Waals surface area contributed by atoms with Gasteiger partial charge in [0.1, 0.15) is 0 Å². The van der Waals surface area contributed by atoms with Crippen molar-refractivity contribution in [1.29, 1.82) is 0 Å². The van der Waals surface area contributed by atoms with Crippen LogP contribution in [-0.2, 0) is 0 Å². The number of hydrogen-bond donors (Lipinski definition) is 1. The lowest BCUT2D eigenvalue weighted by Crippen LogP contribution is -2.06. The molecule has 0 radical (unpaired) electrons. The van der Waals surface area contributed by atoms with E-state index in [4.69, 9.17) is 0 Å². The Kier molecular flexibility index (Phi) is 3.09. The summed E-state index contributed by atoms with van der Waals surface area (Å²) in [6.07, 6.45) is 0. The summed E-state index contributed by atoms with van der Waals surface area (Å²) >= 11 is 1.64. The van der Waals surface area contributed by atoms with E-state index < -0.39 is 4.92 Å². The van der Waals surface area contributed by atoms with E-state index in [1.807, 2.05) is 0 Å². The Balaban J connectivity index is 2.10. The van der Waals surface area contributed by atoms with Crippen molar-refractivity contribution in [2.24, 2.45) is 4.99 Å². The highest BCUT2D eigenvalue weighted by atomic mass is 32.2. The molecule has 0 saturated carbocycles. The van der Waals surface area contributed by atoms with Crippen LogP contribution in [0, 0.1) is 10.1 Å². The highest BCUT2D eigenvalue weighted by Gasteiger charge is 2.15. The number of rotatable bonds is 2. The normalized spacial score (nSPS) is 19.3. The van der Waals surface area contributed by atoms with Gasteiger partial charge in [-0.1, -0.05) is 24.8 Å². The minimum Gasteiger partial charge on any atom is -0.335 e. The summed E-state index contributed by atoms with van der Waals surface area (Å²) in [6.45, 7) is 2.89. The number of nitro benzene ring substituents is 1. The second-order valence-electron chi connectivity index (χ2n) is 3.51. The number of thioether (sulfide) groups is 1. The average molecular weight is 237 g/mol. The number of nitro groups is 1. The van der Waals surface area contributed by atoms with Crippen LogP contribution in [0.25, 0.3) is 0 Å². The molecule has 5 nitrogen and oxygen atoms in total. The number of anilines is 1. The van der Waals surface area contributed by atoms with E-state index in [0.717, 1.165) is 11.7 Å². The van der Waals surface area contributed by atoms with Crippen LogP contribution in [0.4, 0.5) is 11.4 Å². The van der Waals surface area contributed by atoms with Crippen LogP contribution < -0.4 is 5.32 Å². The van der Waals surface area contributed by atoms with Crippen molar-refractivity contribution < 1.29 is 4.92 Å². The molecule has 2 rings (SSSR count). The first-order valence-corrected chi connectivity index (χ1v) is 5.76. The van der Waals surface area contributed by atoms with Gasteiger partial charge >= 0.3 is 0 Å². The molecule has 1 aromatic carbocycles. The fourth-order valence-corrected chi connectivity index (χ4v) is 2.22. The zero-order valence-corrected chi connectivity index (χ0v) is 9.53. The summed E-state index contributed by atoms with van der Waals surface area (Å²) in [6, 6.07) is 6.42. The van der Waals surface area contributed by atoms with Crippen LogP contribution >= 0.6 is 11.8 Å². The maximum Gasteiger partial charge on any atom is 0.271 e. The Morgan fingerprint density at radius 2 is 2.44 bits per heavy atom. The van der Waals surface area contributed by atoms with E-state index >= 15 is 0 Å². The van der Waals surface area contributed by atoms with Crippen LogP contribution in [0.15, 0.2) is 29.3 Å². The minimum atomic E-state index is -0.405. The third-order valence-electron chi connectivity index (χ3n) is 2.11.